The standard InChI is InChI=1S/C25H26FN3O4S/c1-2-3-17-33-23-15-9-20(10-16-23)18-27-28-25(30)19-29(22-13-11-21(26)12-14-22)34(31,32)24-7-5-4-6-8-24/h4-16,18H,2-3,17,19H2,1H3,(H,28,30)/b27-18-. The van der Waals surface area contributed by atoms with Crippen molar-refractivity contribution in [1.29, 1.82) is 0 Å². The highest BCUT2D eigenvalue weighted by atomic mass is 32.2. The molecule has 1 amide bonds. The Kier molecular flexibility index (Phi) is 8.75. The Hall–Kier alpha value is -3.72. The number of rotatable bonds is 11. The van der Waals surface area contributed by atoms with E-state index >= 15 is 0 Å². The first kappa shape index (κ1) is 24.9. The molecule has 34 heavy (non-hydrogen) atoms. The largest absolute Gasteiger partial charge is 0.494 e. The van der Waals surface area contributed by atoms with Crippen LogP contribution in [0.5, 0.6) is 5.75 Å². The number of halogens is 1. The van der Waals surface area contributed by atoms with Gasteiger partial charge in [-0.15, -0.1) is 0 Å². The second-order valence-corrected chi connectivity index (χ2v) is 9.23. The van der Waals surface area contributed by atoms with Gasteiger partial charge in [0.1, 0.15) is 18.1 Å². The van der Waals surface area contributed by atoms with Gasteiger partial charge in [-0.2, -0.15) is 5.10 Å². The number of hydrogen-bond acceptors (Lipinski definition) is 5. The third kappa shape index (κ3) is 6.89. The first-order valence-electron chi connectivity index (χ1n) is 10.8. The average Bonchev–Trinajstić information content (AvgIpc) is 2.85. The van der Waals surface area contributed by atoms with E-state index < -0.39 is 28.3 Å². The Morgan fingerprint density at radius 1 is 1.03 bits per heavy atom. The van der Waals surface area contributed by atoms with Crippen LogP contribution in [-0.4, -0.2) is 33.7 Å². The molecule has 0 spiro atoms. The normalized spacial score (nSPS) is 11.4. The van der Waals surface area contributed by atoms with Crippen molar-refractivity contribution in [2.75, 3.05) is 17.5 Å². The lowest BCUT2D eigenvalue weighted by Crippen LogP contribution is -2.39. The van der Waals surface area contributed by atoms with Crippen LogP contribution in [0.4, 0.5) is 10.1 Å². The molecule has 178 valence electrons. The average molecular weight is 484 g/mol. The summed E-state index contributed by atoms with van der Waals surface area (Å²) in [7, 11) is -4.07. The molecule has 3 rings (SSSR count). The number of benzene rings is 3. The molecule has 0 unspecified atom stereocenters. The van der Waals surface area contributed by atoms with Crippen LogP contribution in [0.1, 0.15) is 25.3 Å². The lowest BCUT2D eigenvalue weighted by Gasteiger charge is -2.23. The summed E-state index contributed by atoms with van der Waals surface area (Å²) in [4.78, 5) is 12.5. The van der Waals surface area contributed by atoms with E-state index in [9.17, 15) is 17.6 Å². The van der Waals surface area contributed by atoms with Crippen LogP contribution in [-0.2, 0) is 14.8 Å². The predicted octanol–water partition coefficient (Wildman–Crippen LogP) is 4.35. The number of amides is 1. The van der Waals surface area contributed by atoms with Crippen molar-refractivity contribution >= 4 is 27.8 Å². The number of ether oxygens (including phenoxy) is 1. The van der Waals surface area contributed by atoms with Gasteiger partial charge in [0.25, 0.3) is 15.9 Å². The summed E-state index contributed by atoms with van der Waals surface area (Å²) >= 11 is 0. The maximum atomic E-state index is 13.4. The second kappa shape index (κ2) is 11.9. The van der Waals surface area contributed by atoms with Gasteiger partial charge in [-0.25, -0.2) is 18.2 Å². The quantitative estimate of drug-likeness (QED) is 0.250. The molecule has 0 fully saturated rings. The first-order valence-corrected chi connectivity index (χ1v) is 12.2. The van der Waals surface area contributed by atoms with E-state index in [0.29, 0.717) is 6.61 Å². The second-order valence-electron chi connectivity index (χ2n) is 7.37. The van der Waals surface area contributed by atoms with E-state index in [1.54, 1.807) is 30.3 Å². The van der Waals surface area contributed by atoms with Crippen LogP contribution in [0.25, 0.3) is 0 Å². The molecule has 1 N–H and O–H groups in total. The van der Waals surface area contributed by atoms with Crippen LogP contribution in [0.15, 0.2) is 88.9 Å². The topological polar surface area (TPSA) is 88.1 Å². The smallest absolute Gasteiger partial charge is 0.264 e. The van der Waals surface area contributed by atoms with Crippen molar-refractivity contribution in [3.05, 3.63) is 90.2 Å². The van der Waals surface area contributed by atoms with Crippen LogP contribution in [0.2, 0.25) is 0 Å². The van der Waals surface area contributed by atoms with E-state index in [1.165, 1.54) is 30.5 Å². The summed E-state index contributed by atoms with van der Waals surface area (Å²) in [5, 5.41) is 3.92. The molecule has 3 aromatic rings. The summed E-state index contributed by atoms with van der Waals surface area (Å²) in [5.41, 5.74) is 3.23. The van der Waals surface area contributed by atoms with E-state index in [4.69, 9.17) is 4.74 Å². The number of nitrogens with zero attached hydrogens (tertiary/aromatic N) is 2. The van der Waals surface area contributed by atoms with Crippen LogP contribution >= 0.6 is 0 Å². The van der Waals surface area contributed by atoms with Gasteiger partial charge in [-0.3, -0.25) is 9.10 Å². The molecule has 0 radical (unpaired) electrons. The Morgan fingerprint density at radius 2 is 1.71 bits per heavy atom. The summed E-state index contributed by atoms with van der Waals surface area (Å²) < 4.78 is 46.3. The van der Waals surface area contributed by atoms with Gasteiger partial charge in [0.15, 0.2) is 0 Å². The number of hydrogen-bond donors (Lipinski definition) is 1. The van der Waals surface area contributed by atoms with E-state index in [-0.39, 0.29) is 10.6 Å². The molecule has 9 heteroatoms. The third-order valence-corrected chi connectivity index (χ3v) is 6.57. The van der Waals surface area contributed by atoms with Gasteiger partial charge in [0.05, 0.1) is 23.4 Å². The van der Waals surface area contributed by atoms with E-state index in [2.05, 4.69) is 17.5 Å². The lowest BCUT2D eigenvalue weighted by molar-refractivity contribution is -0.119. The van der Waals surface area contributed by atoms with Crippen molar-refractivity contribution < 1.29 is 22.3 Å². The number of carbonyl (C=O) groups is 1. The summed E-state index contributed by atoms with van der Waals surface area (Å²) in [6, 6.07) is 19.8. The monoisotopic (exact) mass is 483 g/mol. The fourth-order valence-corrected chi connectivity index (χ4v) is 4.41. The zero-order valence-corrected chi connectivity index (χ0v) is 19.5. The van der Waals surface area contributed by atoms with Crippen molar-refractivity contribution in [3.8, 4) is 5.75 Å². The lowest BCUT2D eigenvalue weighted by atomic mass is 10.2. The SMILES string of the molecule is CCCCOc1ccc(/C=N\NC(=O)CN(c2ccc(F)cc2)S(=O)(=O)c2ccccc2)cc1. The van der Waals surface area contributed by atoms with Crippen molar-refractivity contribution in [1.82, 2.24) is 5.43 Å². The van der Waals surface area contributed by atoms with Gasteiger partial charge in [-0.1, -0.05) is 31.5 Å². The van der Waals surface area contributed by atoms with Gasteiger partial charge >= 0.3 is 0 Å². The number of carbonyl (C=O) groups excluding carboxylic acids is 1. The maximum Gasteiger partial charge on any atom is 0.264 e. The van der Waals surface area contributed by atoms with E-state index in [0.717, 1.165) is 40.6 Å². The molecule has 0 atom stereocenters. The van der Waals surface area contributed by atoms with Gasteiger partial charge in [0.2, 0.25) is 0 Å². The third-order valence-electron chi connectivity index (χ3n) is 4.78. The minimum Gasteiger partial charge on any atom is -0.494 e. The van der Waals surface area contributed by atoms with Crippen LogP contribution < -0.4 is 14.5 Å². The number of unbranched alkanes of at least 4 members (excludes halogenated alkanes) is 1. The molecule has 0 aliphatic heterocycles. The van der Waals surface area contributed by atoms with Gasteiger partial charge in [-0.05, 0) is 72.6 Å². The summed E-state index contributed by atoms with van der Waals surface area (Å²) in [6.45, 7) is 2.20. The Balaban J connectivity index is 1.69. The highest BCUT2D eigenvalue weighted by Gasteiger charge is 2.27. The van der Waals surface area contributed by atoms with Gasteiger partial charge < -0.3 is 4.74 Å². The number of anilines is 1. The Bertz CT molecular complexity index is 1200. The summed E-state index contributed by atoms with van der Waals surface area (Å²) in [6.07, 6.45) is 3.47. The van der Waals surface area contributed by atoms with Crippen LogP contribution in [0, 0.1) is 5.82 Å². The first-order chi connectivity index (χ1) is 16.4. The molecular weight excluding hydrogens is 457 g/mol. The minimum atomic E-state index is -4.07. The molecule has 0 aliphatic carbocycles. The number of nitrogens with one attached hydrogen (secondary N) is 1. The molecule has 3 aromatic carbocycles. The Morgan fingerprint density at radius 3 is 2.35 bits per heavy atom. The van der Waals surface area contributed by atoms with Crippen LogP contribution in [0.3, 0.4) is 0 Å². The molecule has 0 aromatic heterocycles. The van der Waals surface area contributed by atoms with E-state index in [1.807, 2.05) is 12.1 Å². The fourth-order valence-electron chi connectivity index (χ4n) is 2.97. The maximum absolute atomic E-state index is 13.4. The predicted molar refractivity (Wildman–Crippen MR) is 130 cm³/mol. The molecule has 0 heterocycles. The molecule has 0 aliphatic rings. The Labute approximate surface area is 198 Å². The zero-order chi connectivity index (χ0) is 24.4. The zero-order valence-electron chi connectivity index (χ0n) is 18.7. The van der Waals surface area contributed by atoms with Gasteiger partial charge in [0, 0.05) is 0 Å². The molecule has 0 saturated carbocycles. The molecular formula is C25H26FN3O4S. The number of hydrazone groups is 1. The number of sulfonamides is 1. The molecule has 0 saturated heterocycles. The van der Waals surface area contributed by atoms with Crippen molar-refractivity contribution in [2.45, 2.75) is 24.7 Å². The highest BCUT2D eigenvalue weighted by Crippen LogP contribution is 2.23. The minimum absolute atomic E-state index is 0.0110. The van der Waals surface area contributed by atoms with Crippen molar-refractivity contribution in [2.24, 2.45) is 5.10 Å². The van der Waals surface area contributed by atoms with Crippen molar-refractivity contribution in [3.63, 3.8) is 0 Å². The highest BCUT2D eigenvalue weighted by molar-refractivity contribution is 7.92. The molecule has 0 bridgehead atoms. The summed E-state index contributed by atoms with van der Waals surface area (Å²) in [5.74, 6) is -0.424. The fraction of sp³-hybridized carbons (Fsp3) is 0.200. The molecule has 7 nitrogen and oxygen atoms in total.